The molecular formula is C24H36Cl4Ru2. The van der Waals surface area contributed by atoms with Gasteiger partial charge in [-0.1, -0.05) is 0 Å². The van der Waals surface area contributed by atoms with Crippen molar-refractivity contribution in [2.75, 3.05) is 0 Å². The minimum absolute atomic E-state index is 0. The Hall–Kier alpha value is 0.847. The van der Waals surface area contributed by atoms with Crippen LogP contribution in [-0.2, 0) is 39.0 Å². The molecule has 0 unspecified atom stereocenters. The van der Waals surface area contributed by atoms with Crippen LogP contribution in [0.25, 0.3) is 0 Å². The van der Waals surface area contributed by atoms with E-state index in [1.807, 2.05) is 0 Å². The predicted octanol–water partition coefficient (Wildman–Crippen LogP) is -4.91. The van der Waals surface area contributed by atoms with Crippen LogP contribution in [0.15, 0.2) is 0 Å². The number of benzene rings is 2. The van der Waals surface area contributed by atoms with Gasteiger partial charge in [-0.05, 0) is 150 Å². The Bertz CT molecular complexity index is 523. The summed E-state index contributed by atoms with van der Waals surface area (Å²) in [5.41, 5.74) is 17.5. The van der Waals surface area contributed by atoms with Crippen LogP contribution < -0.4 is 49.6 Å². The van der Waals surface area contributed by atoms with Crippen molar-refractivity contribution in [1.82, 2.24) is 0 Å². The SMILES string of the molecule is Cc1c(C)c(C)c(C)c(C)c1C.Cc1c(C)c(C)c(C)c(C)c1C.[Cl-].[Cl-].[Cl-].[Cl-].[Ru+2].[Ru+2]. The van der Waals surface area contributed by atoms with Crippen molar-refractivity contribution in [1.29, 1.82) is 0 Å². The van der Waals surface area contributed by atoms with Crippen LogP contribution in [0.5, 0.6) is 0 Å². The molecule has 6 heteroatoms. The molecule has 2 rings (SSSR count). The van der Waals surface area contributed by atoms with E-state index in [0.29, 0.717) is 0 Å². The van der Waals surface area contributed by atoms with Crippen molar-refractivity contribution in [3.8, 4) is 0 Å². The van der Waals surface area contributed by atoms with Gasteiger partial charge in [-0.25, -0.2) is 0 Å². The normalized spacial score (nSPS) is 8.40. The van der Waals surface area contributed by atoms with E-state index in [1.54, 1.807) is 0 Å². The standard InChI is InChI=1S/2C12H18.4ClH.2Ru/c2*1-7-8(2)10(4)12(6)11(5)9(7)3;;;;;;/h2*1-6H3;4*1H;;/q;;;;;;2*+2/p-4. The van der Waals surface area contributed by atoms with E-state index in [2.05, 4.69) is 83.1 Å². The molecule has 0 heterocycles. The summed E-state index contributed by atoms with van der Waals surface area (Å²) in [6.45, 7) is 26.5. The van der Waals surface area contributed by atoms with Gasteiger partial charge in [-0.3, -0.25) is 0 Å². The molecule has 0 nitrogen and oxygen atoms in total. The topological polar surface area (TPSA) is 0 Å². The first-order valence-corrected chi connectivity index (χ1v) is 9.00. The van der Waals surface area contributed by atoms with Crippen molar-refractivity contribution in [3.63, 3.8) is 0 Å². The summed E-state index contributed by atoms with van der Waals surface area (Å²) in [6.07, 6.45) is 0. The third-order valence-electron chi connectivity index (χ3n) is 6.75. The first-order chi connectivity index (χ1) is 10.9. The summed E-state index contributed by atoms with van der Waals surface area (Å²) in [6, 6.07) is 0. The second-order valence-corrected chi connectivity index (χ2v) is 7.50. The Labute approximate surface area is 236 Å². The van der Waals surface area contributed by atoms with Gasteiger partial charge in [0.25, 0.3) is 0 Å². The molecule has 0 aliphatic carbocycles. The quantitative estimate of drug-likeness (QED) is 0.248. The Morgan fingerprint density at radius 2 is 0.233 bits per heavy atom. The second-order valence-electron chi connectivity index (χ2n) is 7.50. The van der Waals surface area contributed by atoms with Crippen molar-refractivity contribution in [2.45, 2.75) is 83.1 Å². The van der Waals surface area contributed by atoms with Crippen LogP contribution in [0.4, 0.5) is 0 Å². The van der Waals surface area contributed by atoms with Crippen LogP contribution in [-0.4, -0.2) is 0 Å². The number of hydrogen-bond acceptors (Lipinski definition) is 0. The molecular weight excluding hydrogens is 632 g/mol. The van der Waals surface area contributed by atoms with Crippen molar-refractivity contribution in [3.05, 3.63) is 66.8 Å². The molecule has 176 valence electrons. The molecule has 0 aliphatic rings. The predicted molar refractivity (Wildman–Crippen MR) is 110 cm³/mol. The van der Waals surface area contributed by atoms with Crippen LogP contribution in [0.1, 0.15) is 66.8 Å². The Morgan fingerprint density at radius 1 is 0.200 bits per heavy atom. The van der Waals surface area contributed by atoms with Crippen LogP contribution in [0.3, 0.4) is 0 Å². The largest absolute Gasteiger partial charge is 2.00 e. The minimum atomic E-state index is 0. The third-order valence-corrected chi connectivity index (χ3v) is 6.75. The van der Waals surface area contributed by atoms with Gasteiger partial charge >= 0.3 is 39.0 Å². The molecule has 0 amide bonds. The first-order valence-electron chi connectivity index (χ1n) is 9.00. The summed E-state index contributed by atoms with van der Waals surface area (Å²) >= 11 is 0. The third kappa shape index (κ3) is 9.38. The fraction of sp³-hybridized carbons (Fsp3) is 0.500. The summed E-state index contributed by atoms with van der Waals surface area (Å²) in [5.74, 6) is 0. The maximum atomic E-state index is 2.21. The Balaban J connectivity index is -0.0000000800. The van der Waals surface area contributed by atoms with Gasteiger partial charge in [0.2, 0.25) is 0 Å². The average molecular weight is 669 g/mol. The van der Waals surface area contributed by atoms with Crippen molar-refractivity contribution >= 4 is 0 Å². The average Bonchev–Trinajstić information content (AvgIpc) is 2.58. The minimum Gasteiger partial charge on any atom is -1.00 e. The van der Waals surface area contributed by atoms with Crippen LogP contribution in [0, 0.1) is 83.1 Å². The van der Waals surface area contributed by atoms with E-state index in [4.69, 9.17) is 0 Å². The molecule has 30 heavy (non-hydrogen) atoms. The summed E-state index contributed by atoms with van der Waals surface area (Å²) < 4.78 is 0. The number of halogens is 4. The zero-order valence-electron chi connectivity index (χ0n) is 20.2. The Kier molecular flexibility index (Phi) is 27.1. The summed E-state index contributed by atoms with van der Waals surface area (Å²) in [5, 5.41) is 0. The number of hydrogen-bond donors (Lipinski definition) is 0. The maximum Gasteiger partial charge on any atom is 2.00 e. The molecule has 0 fully saturated rings. The molecule has 0 bridgehead atoms. The molecule has 2 aromatic rings. The fourth-order valence-corrected chi connectivity index (χ4v) is 3.38. The second kappa shape index (κ2) is 18.3. The maximum absolute atomic E-state index is 2.21. The zero-order valence-corrected chi connectivity index (χ0v) is 26.7. The Morgan fingerprint density at radius 3 is 0.267 bits per heavy atom. The zero-order chi connectivity index (χ0) is 18.9. The van der Waals surface area contributed by atoms with Crippen molar-refractivity contribution < 1.29 is 88.6 Å². The van der Waals surface area contributed by atoms with Gasteiger partial charge in [-0.2, -0.15) is 0 Å². The van der Waals surface area contributed by atoms with Gasteiger partial charge in [0, 0.05) is 0 Å². The molecule has 0 saturated heterocycles. The van der Waals surface area contributed by atoms with Gasteiger partial charge < -0.3 is 49.6 Å². The summed E-state index contributed by atoms with van der Waals surface area (Å²) in [4.78, 5) is 0. The van der Waals surface area contributed by atoms with E-state index in [9.17, 15) is 0 Å². The van der Waals surface area contributed by atoms with E-state index in [1.165, 1.54) is 66.8 Å². The van der Waals surface area contributed by atoms with E-state index < -0.39 is 0 Å². The monoisotopic (exact) mass is 668 g/mol. The van der Waals surface area contributed by atoms with Gasteiger partial charge in [0.1, 0.15) is 0 Å². The van der Waals surface area contributed by atoms with Crippen LogP contribution in [0.2, 0.25) is 0 Å². The molecule has 0 spiro atoms. The molecule has 0 radical (unpaired) electrons. The molecule has 0 atom stereocenters. The molecule has 0 saturated carbocycles. The van der Waals surface area contributed by atoms with E-state index >= 15 is 0 Å². The van der Waals surface area contributed by atoms with Gasteiger partial charge in [0.15, 0.2) is 0 Å². The molecule has 2 aromatic carbocycles. The molecule has 0 aromatic heterocycles. The fourth-order valence-electron chi connectivity index (χ4n) is 3.38. The number of rotatable bonds is 0. The van der Waals surface area contributed by atoms with Gasteiger partial charge in [-0.15, -0.1) is 0 Å². The van der Waals surface area contributed by atoms with E-state index in [0.717, 1.165) is 0 Å². The summed E-state index contributed by atoms with van der Waals surface area (Å²) in [7, 11) is 0. The van der Waals surface area contributed by atoms with Crippen LogP contribution >= 0.6 is 0 Å². The molecule has 0 N–H and O–H groups in total. The van der Waals surface area contributed by atoms with E-state index in [-0.39, 0.29) is 88.6 Å². The van der Waals surface area contributed by atoms with Crippen molar-refractivity contribution in [2.24, 2.45) is 0 Å². The van der Waals surface area contributed by atoms with Gasteiger partial charge in [0.05, 0.1) is 0 Å². The first kappa shape index (κ1) is 44.5. The smallest absolute Gasteiger partial charge is 1.00 e. The molecule has 0 aliphatic heterocycles.